The number of thioether (sulfide) groups is 2. The Morgan fingerprint density at radius 1 is 1.00 bits per heavy atom. The largest absolute Gasteiger partial charge is 0.497 e. The Kier molecular flexibility index (Phi) is 12.2. The molecule has 56 heavy (non-hydrogen) atoms. The number of aryl methyl sites for hydroxylation is 4. The lowest BCUT2D eigenvalue weighted by Gasteiger charge is -2.12. The molecule has 7 rings (SSSR count). The van der Waals surface area contributed by atoms with Crippen LogP contribution in [-0.4, -0.2) is 61.4 Å². The molecule has 0 unspecified atom stereocenters. The fraction of sp³-hybridized carbons (Fsp3) is 0.286. The third kappa shape index (κ3) is 8.13. The molecule has 0 bridgehead atoms. The summed E-state index contributed by atoms with van der Waals surface area (Å²) < 4.78 is 20.6. The number of aromatic nitrogens is 6. The number of carbonyl (C=O) groups excluding carboxylic acids is 1. The van der Waals surface area contributed by atoms with Gasteiger partial charge in [-0.2, -0.15) is 10.2 Å². The number of methoxy groups -OCH3 is 2. The summed E-state index contributed by atoms with van der Waals surface area (Å²) in [4.78, 5) is 18.7. The molecule has 4 aromatic heterocycles. The summed E-state index contributed by atoms with van der Waals surface area (Å²) in [6, 6.07) is 22.0. The summed E-state index contributed by atoms with van der Waals surface area (Å²) in [6.07, 6.45) is 2.83. The van der Waals surface area contributed by atoms with Crippen molar-refractivity contribution in [1.29, 1.82) is 0 Å². The number of halogens is 1. The minimum atomic E-state index is -0.430. The predicted octanol–water partition coefficient (Wildman–Crippen LogP) is 8.84. The Balaban J connectivity index is 1.06. The quantitative estimate of drug-likeness (QED) is 0.0722. The van der Waals surface area contributed by atoms with Crippen LogP contribution in [0.1, 0.15) is 50.8 Å². The number of rotatable bonds is 16. The second-order valence-electron chi connectivity index (χ2n) is 13.4. The number of pyridine rings is 1. The monoisotopic (exact) mass is 810 g/mol. The first-order chi connectivity index (χ1) is 27.2. The minimum absolute atomic E-state index is 0.0154. The normalized spacial score (nSPS) is 11.5. The number of esters is 1. The number of carbonyl (C=O) groups is 1. The Bertz CT molecular complexity index is 2510. The minimum Gasteiger partial charge on any atom is -0.497 e. The van der Waals surface area contributed by atoms with Crippen LogP contribution in [0.25, 0.3) is 32.9 Å². The van der Waals surface area contributed by atoms with E-state index in [4.69, 9.17) is 30.9 Å². The Hall–Kier alpha value is -4.95. The van der Waals surface area contributed by atoms with E-state index in [1.807, 2.05) is 72.7 Å². The number of fused-ring (bicyclic) bond motifs is 2. The highest BCUT2D eigenvalue weighted by Gasteiger charge is 2.27. The number of aromatic amines is 1. The van der Waals surface area contributed by atoms with E-state index in [2.05, 4.69) is 39.4 Å². The highest BCUT2D eigenvalue weighted by atomic mass is 35.5. The molecule has 290 valence electrons. The van der Waals surface area contributed by atoms with Crippen molar-refractivity contribution >= 4 is 62.9 Å². The molecule has 0 radical (unpaired) electrons. The number of nitrogens with one attached hydrogen (secondary N) is 1. The van der Waals surface area contributed by atoms with E-state index in [0.717, 1.165) is 89.0 Å². The summed E-state index contributed by atoms with van der Waals surface area (Å²) in [5.74, 6) is 3.19. The number of aliphatic hydroxyl groups is 1. The average Bonchev–Trinajstić information content (AvgIpc) is 3.86. The molecular formula is C42H43ClN6O5S2. The summed E-state index contributed by atoms with van der Waals surface area (Å²) in [5.41, 5.74) is 9.54. The van der Waals surface area contributed by atoms with Gasteiger partial charge < -0.3 is 23.9 Å². The van der Waals surface area contributed by atoms with E-state index < -0.39 is 5.97 Å². The first-order valence-corrected chi connectivity index (χ1v) is 20.6. The maximum atomic E-state index is 13.0. The van der Waals surface area contributed by atoms with Gasteiger partial charge in [-0.1, -0.05) is 35.9 Å². The highest BCUT2D eigenvalue weighted by molar-refractivity contribution is 7.98. The summed E-state index contributed by atoms with van der Waals surface area (Å²) >= 11 is 10.4. The standard InChI is InChI=1S/C42H43ClN6O5S2/c1-25-37(38-34(43)15-14-33-32(9-7-17-50)41(42(51)53-5)48(2)40(33)38)35(46-45-25)24-55-22-28-19-29(49(3)47-28)23-56-31-18-27-8-6-16-44-39(27)36(20-31)54-21-26-10-12-30(52-4)13-11-26/h6,8,10-16,18-20,50H,7,9,17,21-24H2,1-5H3,(H,45,46). The molecule has 0 fully saturated rings. The van der Waals surface area contributed by atoms with Crippen molar-refractivity contribution < 1.29 is 24.1 Å². The van der Waals surface area contributed by atoms with Crippen LogP contribution in [0, 0.1) is 6.92 Å². The number of ether oxygens (including phenoxy) is 3. The SMILES string of the molecule is COC(=O)c1c(CCCO)c2ccc(Cl)c(-c3c(C)n[nH]c3CSCc3cc(CSc4cc(OCc5ccc(OC)cc5)c5ncccc5c4)n(C)n3)c2n1C. The van der Waals surface area contributed by atoms with E-state index in [1.54, 1.807) is 36.8 Å². The van der Waals surface area contributed by atoms with Gasteiger partial charge in [0.05, 0.1) is 41.8 Å². The summed E-state index contributed by atoms with van der Waals surface area (Å²) in [7, 11) is 6.87. The molecule has 0 aliphatic heterocycles. The Morgan fingerprint density at radius 3 is 2.59 bits per heavy atom. The van der Waals surface area contributed by atoms with Crippen LogP contribution in [0.2, 0.25) is 5.02 Å². The van der Waals surface area contributed by atoms with Crippen LogP contribution in [-0.2, 0) is 49.1 Å². The molecule has 0 atom stereocenters. The number of aliphatic hydroxyl groups excluding tert-OH is 1. The van der Waals surface area contributed by atoms with E-state index in [1.165, 1.54) is 7.11 Å². The lowest BCUT2D eigenvalue weighted by Crippen LogP contribution is -2.10. The topological polar surface area (TPSA) is 129 Å². The van der Waals surface area contributed by atoms with Crippen LogP contribution in [0.5, 0.6) is 11.5 Å². The summed E-state index contributed by atoms with van der Waals surface area (Å²) in [6.45, 7) is 2.39. The second kappa shape index (κ2) is 17.5. The number of hydrogen-bond donors (Lipinski definition) is 2. The summed E-state index contributed by atoms with van der Waals surface area (Å²) in [5, 5.41) is 24.7. The van der Waals surface area contributed by atoms with Crippen molar-refractivity contribution in [2.75, 3.05) is 20.8 Å². The number of benzene rings is 3. The third-order valence-corrected chi connectivity index (χ3v) is 12.1. The first kappa shape index (κ1) is 39.3. The van der Waals surface area contributed by atoms with Gasteiger partial charge in [-0.25, -0.2) is 4.79 Å². The Labute approximate surface area is 338 Å². The van der Waals surface area contributed by atoms with Crippen molar-refractivity contribution in [1.82, 2.24) is 29.5 Å². The van der Waals surface area contributed by atoms with Crippen molar-refractivity contribution in [3.8, 4) is 22.6 Å². The van der Waals surface area contributed by atoms with Gasteiger partial charge in [0.15, 0.2) is 0 Å². The number of nitrogens with zero attached hydrogens (tertiary/aromatic N) is 5. The zero-order valence-electron chi connectivity index (χ0n) is 31.9. The molecule has 0 saturated carbocycles. The van der Waals surface area contributed by atoms with Gasteiger partial charge in [0.2, 0.25) is 0 Å². The lowest BCUT2D eigenvalue weighted by atomic mass is 9.98. The molecule has 14 heteroatoms. The maximum absolute atomic E-state index is 13.0. The second-order valence-corrected chi connectivity index (χ2v) is 15.8. The smallest absolute Gasteiger partial charge is 0.354 e. The van der Waals surface area contributed by atoms with Crippen molar-refractivity contribution in [3.63, 3.8) is 0 Å². The zero-order chi connectivity index (χ0) is 39.3. The maximum Gasteiger partial charge on any atom is 0.354 e. The molecule has 0 saturated heterocycles. The third-order valence-electron chi connectivity index (χ3n) is 9.75. The van der Waals surface area contributed by atoms with Gasteiger partial charge in [0.1, 0.15) is 29.3 Å². The van der Waals surface area contributed by atoms with E-state index >= 15 is 0 Å². The molecule has 11 nitrogen and oxygen atoms in total. The van der Waals surface area contributed by atoms with Crippen molar-refractivity contribution in [2.45, 2.75) is 48.5 Å². The van der Waals surface area contributed by atoms with Crippen molar-refractivity contribution in [3.05, 3.63) is 118 Å². The molecule has 0 amide bonds. The molecule has 4 heterocycles. The van der Waals surface area contributed by atoms with Crippen LogP contribution in [0.3, 0.4) is 0 Å². The lowest BCUT2D eigenvalue weighted by molar-refractivity contribution is 0.0589. The first-order valence-electron chi connectivity index (χ1n) is 18.1. The van der Waals surface area contributed by atoms with E-state index in [9.17, 15) is 9.90 Å². The van der Waals surface area contributed by atoms with Gasteiger partial charge in [-0.3, -0.25) is 14.8 Å². The van der Waals surface area contributed by atoms with Gasteiger partial charge in [0.25, 0.3) is 0 Å². The van der Waals surface area contributed by atoms with Crippen LogP contribution in [0.15, 0.2) is 77.8 Å². The van der Waals surface area contributed by atoms with Gasteiger partial charge in [-0.05, 0) is 73.4 Å². The van der Waals surface area contributed by atoms with Crippen LogP contribution >= 0.6 is 35.1 Å². The van der Waals surface area contributed by atoms with Crippen LogP contribution in [0.4, 0.5) is 0 Å². The molecule has 0 aliphatic rings. The zero-order valence-corrected chi connectivity index (χ0v) is 34.3. The molecule has 7 aromatic rings. The van der Waals surface area contributed by atoms with Crippen LogP contribution < -0.4 is 9.47 Å². The molecule has 0 spiro atoms. The fourth-order valence-electron chi connectivity index (χ4n) is 7.02. The number of H-pyrrole nitrogens is 1. The van der Waals surface area contributed by atoms with Gasteiger partial charge in [0, 0.05) is 76.6 Å². The highest BCUT2D eigenvalue weighted by Crippen LogP contribution is 2.42. The van der Waals surface area contributed by atoms with Gasteiger partial charge >= 0.3 is 5.97 Å². The average molecular weight is 811 g/mol. The van der Waals surface area contributed by atoms with E-state index in [-0.39, 0.29) is 6.61 Å². The number of hydrogen-bond acceptors (Lipinski definition) is 10. The molecule has 0 aliphatic carbocycles. The fourth-order valence-corrected chi connectivity index (χ4v) is 9.12. The van der Waals surface area contributed by atoms with Gasteiger partial charge in [-0.15, -0.1) is 23.5 Å². The van der Waals surface area contributed by atoms with E-state index in [0.29, 0.717) is 41.7 Å². The molecular weight excluding hydrogens is 768 g/mol. The van der Waals surface area contributed by atoms with Crippen molar-refractivity contribution in [2.24, 2.45) is 14.1 Å². The predicted molar refractivity (Wildman–Crippen MR) is 224 cm³/mol. The molecule has 2 N–H and O–H groups in total. The Morgan fingerprint density at radius 2 is 1.82 bits per heavy atom. The molecule has 3 aromatic carbocycles.